The molecule has 0 spiro atoms. The highest BCUT2D eigenvalue weighted by atomic mass is 16.9. The Morgan fingerprint density at radius 1 is 1.00 bits per heavy atom. The first-order chi connectivity index (χ1) is 14.9. The number of nitrogens with zero attached hydrogens (tertiary/aromatic N) is 1. The fourth-order valence-electron chi connectivity index (χ4n) is 5.25. The van der Waals surface area contributed by atoms with Gasteiger partial charge in [0.2, 0.25) is 5.91 Å². The normalized spacial score (nSPS) is 46.4. The van der Waals surface area contributed by atoms with Crippen LogP contribution in [0.25, 0.3) is 0 Å². The van der Waals surface area contributed by atoms with Crippen LogP contribution in [-0.4, -0.2) is 90.3 Å². The van der Waals surface area contributed by atoms with Crippen LogP contribution in [0.2, 0.25) is 0 Å². The maximum atomic E-state index is 12.1. The molecule has 0 bridgehead atoms. The zero-order chi connectivity index (χ0) is 23.0. The lowest BCUT2D eigenvalue weighted by Gasteiger charge is -2.39. The number of fused-ring (bicyclic) bond motifs is 4. The van der Waals surface area contributed by atoms with Gasteiger partial charge in [-0.2, -0.15) is 0 Å². The standard InChI is InChI=1S/C21H31NO10/c1-9-14-11(22(10(2)23)19(24)28-14)7-13(26-9)25-8-12-15-16(30-20(3,4)29-15)17-18(27-12)32-21(5,6)31-17/h9,11-18H,7-8H2,1-6H3/t9-,11-,12+,13-,14+,15-,16-,17+,18+/m0/s1. The predicted molar refractivity (Wildman–Crippen MR) is 104 cm³/mol. The summed E-state index contributed by atoms with van der Waals surface area (Å²) in [4.78, 5) is 25.2. The summed E-state index contributed by atoms with van der Waals surface area (Å²) in [5, 5.41) is 0. The van der Waals surface area contributed by atoms with E-state index in [1.165, 1.54) is 6.92 Å². The van der Waals surface area contributed by atoms with E-state index >= 15 is 0 Å². The SMILES string of the molecule is CC(=O)N1C(=O)O[C@@H]2[C@H](C)O[C@H](OC[C@H]3O[C@@H]4OC(C)(C)O[C@@H]4[C@H]4OC(C)(C)O[C@H]43)C[C@@H]21. The Labute approximate surface area is 186 Å². The Balaban J connectivity index is 1.27. The molecule has 0 N–H and O–H groups in total. The van der Waals surface area contributed by atoms with Crippen molar-refractivity contribution in [1.29, 1.82) is 0 Å². The minimum Gasteiger partial charge on any atom is -0.441 e. The van der Waals surface area contributed by atoms with E-state index in [0.717, 1.165) is 4.90 Å². The zero-order valence-electron chi connectivity index (χ0n) is 19.1. The van der Waals surface area contributed by atoms with Crippen LogP contribution in [0.5, 0.6) is 0 Å². The van der Waals surface area contributed by atoms with E-state index in [-0.39, 0.29) is 18.6 Å². The van der Waals surface area contributed by atoms with Crippen LogP contribution in [0.3, 0.4) is 0 Å². The van der Waals surface area contributed by atoms with Gasteiger partial charge >= 0.3 is 6.09 Å². The van der Waals surface area contributed by atoms with Crippen molar-refractivity contribution in [2.75, 3.05) is 6.61 Å². The molecule has 5 heterocycles. The van der Waals surface area contributed by atoms with Gasteiger partial charge in [-0.3, -0.25) is 4.79 Å². The summed E-state index contributed by atoms with van der Waals surface area (Å²) in [6.07, 6.45) is -4.21. The van der Waals surface area contributed by atoms with Gasteiger partial charge in [0.25, 0.3) is 0 Å². The summed E-state index contributed by atoms with van der Waals surface area (Å²) in [5.74, 6) is -1.96. The summed E-state index contributed by atoms with van der Waals surface area (Å²) in [6.45, 7) is 10.6. The van der Waals surface area contributed by atoms with Crippen LogP contribution in [0.1, 0.15) is 48.0 Å². The van der Waals surface area contributed by atoms with Crippen molar-refractivity contribution in [3.8, 4) is 0 Å². The molecule has 5 aliphatic heterocycles. The number of amides is 2. The van der Waals surface area contributed by atoms with Gasteiger partial charge in [0.05, 0.1) is 18.8 Å². The maximum absolute atomic E-state index is 12.1. The maximum Gasteiger partial charge on any atom is 0.417 e. The lowest BCUT2D eigenvalue weighted by Crippen LogP contribution is -2.57. The molecule has 0 aromatic rings. The van der Waals surface area contributed by atoms with Gasteiger partial charge in [-0.05, 0) is 34.6 Å². The Hall–Kier alpha value is -1.34. The molecular weight excluding hydrogens is 426 g/mol. The van der Waals surface area contributed by atoms with Crippen molar-refractivity contribution in [3.63, 3.8) is 0 Å². The first-order valence-electron chi connectivity index (χ1n) is 11.1. The number of hydrogen-bond donors (Lipinski definition) is 0. The molecule has 0 saturated carbocycles. The number of carbonyl (C=O) groups excluding carboxylic acids is 2. The molecule has 0 aliphatic carbocycles. The van der Waals surface area contributed by atoms with Crippen LogP contribution < -0.4 is 0 Å². The molecule has 0 aromatic heterocycles. The average Bonchev–Trinajstić information content (AvgIpc) is 3.28. The molecule has 180 valence electrons. The lowest BCUT2D eigenvalue weighted by molar-refractivity contribution is -0.270. The zero-order valence-corrected chi connectivity index (χ0v) is 19.1. The Morgan fingerprint density at radius 2 is 1.66 bits per heavy atom. The van der Waals surface area contributed by atoms with E-state index in [1.807, 2.05) is 27.7 Å². The van der Waals surface area contributed by atoms with Gasteiger partial charge in [0.1, 0.15) is 24.4 Å². The number of imide groups is 1. The molecule has 2 amide bonds. The van der Waals surface area contributed by atoms with Crippen molar-refractivity contribution in [2.45, 2.75) is 115 Å². The molecule has 11 nitrogen and oxygen atoms in total. The summed E-state index contributed by atoms with van der Waals surface area (Å²) in [6, 6.07) is -0.435. The number of hydrogen-bond acceptors (Lipinski definition) is 10. The summed E-state index contributed by atoms with van der Waals surface area (Å²) in [7, 11) is 0. The third kappa shape index (κ3) is 3.83. The van der Waals surface area contributed by atoms with Crippen LogP contribution in [-0.2, 0) is 42.7 Å². The second-order valence-electron chi connectivity index (χ2n) is 9.85. The Bertz CT molecular complexity index is 787. The van der Waals surface area contributed by atoms with Gasteiger partial charge in [0.15, 0.2) is 30.3 Å². The third-order valence-corrected chi connectivity index (χ3v) is 6.44. The molecule has 5 aliphatic rings. The molecule has 5 saturated heterocycles. The fourth-order valence-corrected chi connectivity index (χ4v) is 5.25. The lowest BCUT2D eigenvalue weighted by atomic mass is 9.98. The highest BCUT2D eigenvalue weighted by Gasteiger charge is 2.61. The van der Waals surface area contributed by atoms with Crippen molar-refractivity contribution in [1.82, 2.24) is 4.90 Å². The number of rotatable bonds is 3. The quantitative estimate of drug-likeness (QED) is 0.614. The molecule has 9 atom stereocenters. The first kappa shape index (κ1) is 22.5. The summed E-state index contributed by atoms with van der Waals surface area (Å²) < 4.78 is 47.6. The largest absolute Gasteiger partial charge is 0.441 e. The highest BCUT2D eigenvalue weighted by molar-refractivity contribution is 5.92. The molecule has 0 aromatic carbocycles. The molecular formula is C21H31NO10. The number of carbonyl (C=O) groups is 2. The van der Waals surface area contributed by atoms with E-state index in [2.05, 4.69) is 0 Å². The minimum absolute atomic E-state index is 0.150. The van der Waals surface area contributed by atoms with Gasteiger partial charge in [0, 0.05) is 13.3 Å². The molecule has 0 unspecified atom stereocenters. The molecule has 5 fully saturated rings. The smallest absolute Gasteiger partial charge is 0.417 e. The van der Waals surface area contributed by atoms with Crippen LogP contribution >= 0.6 is 0 Å². The molecule has 0 radical (unpaired) electrons. The minimum atomic E-state index is -0.798. The molecule has 5 rings (SSSR count). The number of ether oxygens (including phenoxy) is 8. The Kier molecular flexibility index (Phi) is 5.32. The van der Waals surface area contributed by atoms with E-state index < -0.39 is 66.8 Å². The second kappa shape index (κ2) is 7.59. The van der Waals surface area contributed by atoms with Gasteiger partial charge in [-0.1, -0.05) is 0 Å². The van der Waals surface area contributed by atoms with E-state index in [9.17, 15) is 9.59 Å². The van der Waals surface area contributed by atoms with Gasteiger partial charge in [-0.15, -0.1) is 0 Å². The van der Waals surface area contributed by atoms with E-state index in [4.69, 9.17) is 37.9 Å². The van der Waals surface area contributed by atoms with E-state index in [1.54, 1.807) is 6.92 Å². The van der Waals surface area contributed by atoms with Crippen molar-refractivity contribution < 1.29 is 47.5 Å². The van der Waals surface area contributed by atoms with Gasteiger partial charge < -0.3 is 37.9 Å². The fraction of sp³-hybridized carbons (Fsp3) is 0.905. The van der Waals surface area contributed by atoms with Crippen molar-refractivity contribution >= 4 is 12.0 Å². The van der Waals surface area contributed by atoms with Crippen LogP contribution in [0, 0.1) is 0 Å². The van der Waals surface area contributed by atoms with Gasteiger partial charge in [-0.25, -0.2) is 9.69 Å². The summed E-state index contributed by atoms with van der Waals surface area (Å²) >= 11 is 0. The first-order valence-corrected chi connectivity index (χ1v) is 11.1. The topological polar surface area (TPSA) is 111 Å². The Morgan fingerprint density at radius 3 is 2.38 bits per heavy atom. The highest BCUT2D eigenvalue weighted by Crippen LogP contribution is 2.44. The van der Waals surface area contributed by atoms with Crippen molar-refractivity contribution in [3.05, 3.63) is 0 Å². The van der Waals surface area contributed by atoms with Crippen molar-refractivity contribution in [2.24, 2.45) is 0 Å². The van der Waals surface area contributed by atoms with Crippen LogP contribution in [0.15, 0.2) is 0 Å². The monoisotopic (exact) mass is 457 g/mol. The molecule has 32 heavy (non-hydrogen) atoms. The summed E-state index contributed by atoms with van der Waals surface area (Å²) in [5.41, 5.74) is 0. The predicted octanol–water partition coefficient (Wildman–Crippen LogP) is 1.27. The third-order valence-electron chi connectivity index (χ3n) is 6.44. The second-order valence-corrected chi connectivity index (χ2v) is 9.85. The average molecular weight is 457 g/mol. The van der Waals surface area contributed by atoms with Crippen LogP contribution in [0.4, 0.5) is 4.79 Å². The molecule has 11 heteroatoms. The van der Waals surface area contributed by atoms with E-state index in [0.29, 0.717) is 6.42 Å².